The molecule has 1 N–H and O–H groups in total. The van der Waals surface area contributed by atoms with E-state index >= 15 is 0 Å². The molecule has 0 saturated carbocycles. The van der Waals surface area contributed by atoms with Gasteiger partial charge in [0.1, 0.15) is 16.9 Å². The number of nitrogens with zero attached hydrogens (tertiary/aromatic N) is 3. The minimum atomic E-state index is -1.10. The number of fused-ring (bicyclic) bond motifs is 1. The van der Waals surface area contributed by atoms with Gasteiger partial charge in [0.05, 0.1) is 16.3 Å². The maximum Gasteiger partial charge on any atom is 0.337 e. The molecule has 0 atom stereocenters. The van der Waals surface area contributed by atoms with Crippen molar-refractivity contribution in [2.75, 3.05) is 0 Å². The van der Waals surface area contributed by atoms with Crippen molar-refractivity contribution >= 4 is 28.6 Å². The van der Waals surface area contributed by atoms with E-state index in [4.69, 9.17) is 11.6 Å². The molecule has 3 rings (SSSR count). The number of benzene rings is 2. The van der Waals surface area contributed by atoms with Crippen molar-refractivity contribution in [3.05, 3.63) is 52.8 Å². The topological polar surface area (TPSA) is 68.0 Å². The Kier molecular flexibility index (Phi) is 2.87. The van der Waals surface area contributed by atoms with Crippen LogP contribution in [-0.4, -0.2) is 26.1 Å². The second-order valence-corrected chi connectivity index (χ2v) is 4.49. The maximum absolute atomic E-state index is 13.5. The van der Waals surface area contributed by atoms with E-state index in [0.29, 0.717) is 16.7 Å². The van der Waals surface area contributed by atoms with Crippen molar-refractivity contribution < 1.29 is 14.3 Å². The molecule has 5 nitrogen and oxygen atoms in total. The summed E-state index contributed by atoms with van der Waals surface area (Å²) in [5, 5.41) is 16.9. The summed E-state index contributed by atoms with van der Waals surface area (Å²) >= 11 is 5.63. The lowest BCUT2D eigenvalue weighted by atomic mass is 10.2. The Labute approximate surface area is 117 Å². The van der Waals surface area contributed by atoms with E-state index in [1.807, 2.05) is 0 Å². The van der Waals surface area contributed by atoms with Crippen molar-refractivity contribution in [2.45, 2.75) is 0 Å². The highest BCUT2D eigenvalue weighted by molar-refractivity contribution is 6.30. The van der Waals surface area contributed by atoms with Crippen LogP contribution in [0.25, 0.3) is 16.7 Å². The van der Waals surface area contributed by atoms with Crippen LogP contribution in [0, 0.1) is 5.82 Å². The molecule has 0 spiro atoms. The van der Waals surface area contributed by atoms with Gasteiger partial charge in [-0.1, -0.05) is 22.9 Å². The summed E-state index contributed by atoms with van der Waals surface area (Å²) in [5.74, 6) is -1.71. The Morgan fingerprint density at radius 3 is 2.80 bits per heavy atom. The summed E-state index contributed by atoms with van der Waals surface area (Å²) in [4.78, 5) is 11.3. The number of para-hydroxylation sites is 1. The second-order valence-electron chi connectivity index (χ2n) is 4.08. The Morgan fingerprint density at radius 2 is 2.10 bits per heavy atom. The first kappa shape index (κ1) is 12.6. The molecule has 1 heterocycles. The third-order valence-electron chi connectivity index (χ3n) is 2.85. The minimum absolute atomic E-state index is 0.0170. The van der Waals surface area contributed by atoms with Crippen LogP contribution in [0.2, 0.25) is 5.02 Å². The molecule has 0 aliphatic rings. The zero-order valence-corrected chi connectivity index (χ0v) is 10.7. The van der Waals surface area contributed by atoms with E-state index in [1.54, 1.807) is 12.1 Å². The summed E-state index contributed by atoms with van der Waals surface area (Å²) in [6.45, 7) is 0. The molecule has 0 aliphatic carbocycles. The summed E-state index contributed by atoms with van der Waals surface area (Å²) in [7, 11) is 0. The lowest BCUT2D eigenvalue weighted by Crippen LogP contribution is -2.03. The SMILES string of the molecule is O=C(O)c1cccc2nnn(-c3ccc(Cl)c(F)c3)c12. The summed E-state index contributed by atoms with van der Waals surface area (Å²) in [6, 6.07) is 8.75. The van der Waals surface area contributed by atoms with Gasteiger partial charge in [-0.2, -0.15) is 0 Å². The smallest absolute Gasteiger partial charge is 0.337 e. The van der Waals surface area contributed by atoms with Crippen LogP contribution in [-0.2, 0) is 0 Å². The third kappa shape index (κ3) is 1.90. The highest BCUT2D eigenvalue weighted by atomic mass is 35.5. The lowest BCUT2D eigenvalue weighted by Gasteiger charge is -2.05. The van der Waals surface area contributed by atoms with E-state index in [0.717, 1.165) is 0 Å². The monoisotopic (exact) mass is 291 g/mol. The molecule has 20 heavy (non-hydrogen) atoms. The van der Waals surface area contributed by atoms with E-state index in [1.165, 1.54) is 28.9 Å². The molecule has 100 valence electrons. The van der Waals surface area contributed by atoms with Crippen molar-refractivity contribution in [3.63, 3.8) is 0 Å². The highest BCUT2D eigenvalue weighted by Gasteiger charge is 2.16. The van der Waals surface area contributed by atoms with Gasteiger partial charge in [-0.15, -0.1) is 5.10 Å². The number of hydrogen-bond donors (Lipinski definition) is 1. The van der Waals surface area contributed by atoms with Crippen LogP contribution in [0.4, 0.5) is 4.39 Å². The van der Waals surface area contributed by atoms with E-state index in [2.05, 4.69) is 10.3 Å². The maximum atomic E-state index is 13.5. The van der Waals surface area contributed by atoms with Gasteiger partial charge in [0.25, 0.3) is 0 Å². The minimum Gasteiger partial charge on any atom is -0.478 e. The number of carboxylic acids is 1. The van der Waals surface area contributed by atoms with Crippen LogP contribution < -0.4 is 0 Å². The van der Waals surface area contributed by atoms with Gasteiger partial charge in [0.15, 0.2) is 0 Å². The molecular formula is C13H7ClFN3O2. The zero-order valence-electron chi connectivity index (χ0n) is 9.92. The van der Waals surface area contributed by atoms with Crippen molar-refractivity contribution in [1.29, 1.82) is 0 Å². The van der Waals surface area contributed by atoms with E-state index in [9.17, 15) is 14.3 Å². The first-order chi connectivity index (χ1) is 9.58. The fraction of sp³-hybridized carbons (Fsp3) is 0. The quantitative estimate of drug-likeness (QED) is 0.788. The molecular weight excluding hydrogens is 285 g/mol. The number of rotatable bonds is 2. The molecule has 0 radical (unpaired) electrons. The van der Waals surface area contributed by atoms with Crippen LogP contribution >= 0.6 is 11.6 Å². The van der Waals surface area contributed by atoms with Crippen LogP contribution in [0.5, 0.6) is 0 Å². The largest absolute Gasteiger partial charge is 0.478 e. The van der Waals surface area contributed by atoms with Crippen LogP contribution in [0.3, 0.4) is 0 Å². The Hall–Kier alpha value is -2.47. The predicted octanol–water partition coefficient (Wildman–Crippen LogP) is 2.91. The fourth-order valence-electron chi connectivity index (χ4n) is 1.94. The van der Waals surface area contributed by atoms with Crippen molar-refractivity contribution in [1.82, 2.24) is 15.0 Å². The molecule has 2 aromatic carbocycles. The highest BCUT2D eigenvalue weighted by Crippen LogP contribution is 2.23. The summed E-state index contributed by atoms with van der Waals surface area (Å²) < 4.78 is 14.8. The molecule has 0 unspecified atom stereocenters. The zero-order chi connectivity index (χ0) is 14.3. The van der Waals surface area contributed by atoms with Gasteiger partial charge in [-0.25, -0.2) is 13.9 Å². The number of carbonyl (C=O) groups is 1. The number of hydrogen-bond acceptors (Lipinski definition) is 3. The molecule has 0 fully saturated rings. The molecule has 0 saturated heterocycles. The first-order valence-corrected chi connectivity index (χ1v) is 5.99. The molecule has 0 bridgehead atoms. The lowest BCUT2D eigenvalue weighted by molar-refractivity contribution is 0.0698. The average Bonchev–Trinajstić information content (AvgIpc) is 2.85. The van der Waals surface area contributed by atoms with E-state index < -0.39 is 11.8 Å². The average molecular weight is 292 g/mol. The normalized spacial score (nSPS) is 10.9. The summed E-state index contributed by atoms with van der Waals surface area (Å²) in [5.41, 5.74) is 1.12. The van der Waals surface area contributed by atoms with Gasteiger partial charge in [-0.3, -0.25) is 0 Å². The van der Waals surface area contributed by atoms with Gasteiger partial charge >= 0.3 is 5.97 Å². The number of aromatic carboxylic acids is 1. The second kappa shape index (κ2) is 4.57. The van der Waals surface area contributed by atoms with Crippen LogP contribution in [0.1, 0.15) is 10.4 Å². The molecule has 0 amide bonds. The number of carboxylic acid groups (broad SMARTS) is 1. The van der Waals surface area contributed by atoms with Gasteiger partial charge in [-0.05, 0) is 24.3 Å². The van der Waals surface area contributed by atoms with Crippen LogP contribution in [0.15, 0.2) is 36.4 Å². The van der Waals surface area contributed by atoms with Crippen molar-refractivity contribution in [2.24, 2.45) is 0 Å². The van der Waals surface area contributed by atoms with Gasteiger partial charge < -0.3 is 5.11 Å². The first-order valence-electron chi connectivity index (χ1n) is 5.61. The molecule has 0 aliphatic heterocycles. The van der Waals surface area contributed by atoms with Gasteiger partial charge in [0, 0.05) is 6.07 Å². The Balaban J connectivity index is 2.31. The Morgan fingerprint density at radius 1 is 1.30 bits per heavy atom. The molecule has 3 aromatic rings. The predicted molar refractivity (Wildman–Crippen MR) is 70.8 cm³/mol. The van der Waals surface area contributed by atoms with E-state index in [-0.39, 0.29) is 10.6 Å². The van der Waals surface area contributed by atoms with Crippen molar-refractivity contribution in [3.8, 4) is 5.69 Å². The van der Waals surface area contributed by atoms with Gasteiger partial charge in [0.2, 0.25) is 0 Å². The molecule has 7 heteroatoms. The number of halogens is 2. The third-order valence-corrected chi connectivity index (χ3v) is 3.15. The Bertz CT molecular complexity index is 832. The standard InChI is InChI=1S/C13H7ClFN3O2/c14-9-5-4-7(6-10(9)15)18-12-8(13(19)20)2-1-3-11(12)16-17-18/h1-6H,(H,19,20). The fourth-order valence-corrected chi connectivity index (χ4v) is 2.06. The number of aromatic nitrogens is 3. The molecule has 1 aromatic heterocycles. The summed E-state index contributed by atoms with van der Waals surface area (Å²) in [6.07, 6.45) is 0.